The van der Waals surface area contributed by atoms with Crippen molar-refractivity contribution in [1.29, 1.82) is 0 Å². The van der Waals surface area contributed by atoms with Crippen molar-refractivity contribution in [3.63, 3.8) is 0 Å². The monoisotopic (exact) mass is 852 g/mol. The van der Waals surface area contributed by atoms with Crippen LogP contribution in [0.2, 0.25) is 0 Å². The Morgan fingerprint density at radius 2 is 1.24 bits per heavy atom. The SMILES string of the molecule is COC(=O)[C@H](C)NC(=O)Cn1ccc2c(-c3c[nH]c4ncc(F)cc34)nc(-c3nc(-c4c[nH]c5ncc(F)cc45)c4ccn(CC(=O)N[C@@H](Cc5ccccc5)C(=O)O)c4n3)nc21. The van der Waals surface area contributed by atoms with Crippen LogP contribution in [0.1, 0.15) is 12.5 Å². The van der Waals surface area contributed by atoms with Crippen molar-refractivity contribution in [3.05, 3.63) is 109 Å². The zero-order valence-corrected chi connectivity index (χ0v) is 33.3. The van der Waals surface area contributed by atoms with Crippen LogP contribution in [0.5, 0.6) is 0 Å². The van der Waals surface area contributed by atoms with Crippen molar-refractivity contribution in [2.75, 3.05) is 7.11 Å². The van der Waals surface area contributed by atoms with Gasteiger partial charge < -0.3 is 39.6 Å². The molecular weight excluding hydrogens is 819 g/mol. The topological polar surface area (TPSA) is 241 Å². The number of fused-ring (bicyclic) bond motifs is 4. The number of H-pyrrole nitrogens is 2. The van der Waals surface area contributed by atoms with Crippen molar-refractivity contribution in [2.24, 2.45) is 0 Å². The van der Waals surface area contributed by atoms with E-state index in [1.807, 2.05) is 0 Å². The van der Waals surface area contributed by atoms with E-state index in [4.69, 9.17) is 24.7 Å². The molecule has 8 aromatic heterocycles. The Bertz CT molecular complexity index is 3270. The summed E-state index contributed by atoms with van der Waals surface area (Å²) in [7, 11) is 1.21. The second kappa shape index (κ2) is 16.2. The van der Waals surface area contributed by atoms with Crippen LogP contribution in [0.3, 0.4) is 0 Å². The van der Waals surface area contributed by atoms with Gasteiger partial charge in [0.2, 0.25) is 11.8 Å². The number of nitrogens with zero attached hydrogens (tertiary/aromatic N) is 8. The van der Waals surface area contributed by atoms with Gasteiger partial charge in [0.1, 0.15) is 59.4 Å². The van der Waals surface area contributed by atoms with E-state index >= 15 is 0 Å². The number of benzene rings is 1. The molecule has 5 N–H and O–H groups in total. The second-order valence-electron chi connectivity index (χ2n) is 14.6. The molecule has 0 aliphatic carbocycles. The normalized spacial score (nSPS) is 12.5. The number of hydrogen-bond acceptors (Lipinski definition) is 11. The molecule has 0 spiro atoms. The zero-order chi connectivity index (χ0) is 43.9. The van der Waals surface area contributed by atoms with Gasteiger partial charge in [-0.25, -0.2) is 48.3 Å². The first-order valence-corrected chi connectivity index (χ1v) is 19.4. The maximum Gasteiger partial charge on any atom is 0.328 e. The van der Waals surface area contributed by atoms with E-state index in [1.165, 1.54) is 35.3 Å². The molecule has 0 fully saturated rings. The third-order valence-electron chi connectivity index (χ3n) is 10.4. The number of ether oxygens (including phenoxy) is 1. The first-order chi connectivity index (χ1) is 30.4. The smallest absolute Gasteiger partial charge is 0.328 e. The van der Waals surface area contributed by atoms with Gasteiger partial charge >= 0.3 is 11.9 Å². The summed E-state index contributed by atoms with van der Waals surface area (Å²) in [6.07, 6.45) is 8.61. The molecule has 20 heteroatoms. The fourth-order valence-corrected chi connectivity index (χ4v) is 7.47. The molecule has 9 aromatic rings. The van der Waals surface area contributed by atoms with Crippen molar-refractivity contribution in [1.82, 2.24) is 59.6 Å². The molecule has 18 nitrogen and oxygen atoms in total. The number of pyridine rings is 2. The molecule has 0 aliphatic rings. The lowest BCUT2D eigenvalue weighted by molar-refractivity contribution is -0.144. The number of hydrogen-bond donors (Lipinski definition) is 5. The number of rotatable bonds is 13. The molecule has 2 amide bonds. The van der Waals surface area contributed by atoms with Gasteiger partial charge in [-0.1, -0.05) is 30.3 Å². The summed E-state index contributed by atoms with van der Waals surface area (Å²) in [5.74, 6) is -4.31. The Kier molecular flexibility index (Phi) is 10.3. The van der Waals surface area contributed by atoms with Crippen LogP contribution in [-0.2, 0) is 43.4 Å². The lowest BCUT2D eigenvalue weighted by Gasteiger charge is -2.15. The molecule has 316 valence electrons. The maximum absolute atomic E-state index is 14.7. The van der Waals surface area contributed by atoms with Gasteiger partial charge in [0, 0.05) is 63.9 Å². The lowest BCUT2D eigenvalue weighted by Crippen LogP contribution is -2.43. The van der Waals surface area contributed by atoms with Crippen LogP contribution >= 0.6 is 0 Å². The number of carboxylic acid groups (broad SMARTS) is 1. The Labute approximate surface area is 353 Å². The summed E-state index contributed by atoms with van der Waals surface area (Å²) in [6, 6.07) is 12.7. The molecule has 0 unspecified atom stereocenters. The number of halogens is 2. The van der Waals surface area contributed by atoms with Crippen LogP contribution in [0, 0.1) is 11.6 Å². The Balaban J connectivity index is 1.20. The molecule has 0 saturated carbocycles. The number of aromatic amines is 2. The fraction of sp³-hybridized carbons (Fsp3) is 0.163. The molecule has 2 atom stereocenters. The van der Waals surface area contributed by atoms with Crippen LogP contribution in [0.15, 0.2) is 91.8 Å². The van der Waals surface area contributed by atoms with Crippen molar-refractivity contribution >= 4 is 67.9 Å². The minimum absolute atomic E-state index is 0.0466. The van der Waals surface area contributed by atoms with E-state index in [0.29, 0.717) is 49.7 Å². The van der Waals surface area contributed by atoms with E-state index in [1.54, 1.807) is 67.3 Å². The van der Waals surface area contributed by atoms with E-state index in [0.717, 1.165) is 18.0 Å². The largest absolute Gasteiger partial charge is 0.480 e. The van der Waals surface area contributed by atoms with Crippen molar-refractivity contribution in [2.45, 2.75) is 38.5 Å². The molecule has 0 bridgehead atoms. The van der Waals surface area contributed by atoms with E-state index < -0.39 is 47.5 Å². The highest BCUT2D eigenvalue weighted by Gasteiger charge is 2.26. The van der Waals surface area contributed by atoms with Gasteiger partial charge in [-0.3, -0.25) is 9.59 Å². The fourth-order valence-electron chi connectivity index (χ4n) is 7.47. The molecule has 1 aromatic carbocycles. The van der Waals surface area contributed by atoms with Crippen molar-refractivity contribution < 1.29 is 37.8 Å². The summed E-state index contributed by atoms with van der Waals surface area (Å²) in [4.78, 5) is 85.2. The number of esters is 1. The highest BCUT2D eigenvalue weighted by atomic mass is 19.1. The summed E-state index contributed by atoms with van der Waals surface area (Å²) in [6.45, 7) is 0.838. The van der Waals surface area contributed by atoms with Gasteiger partial charge in [0.15, 0.2) is 11.6 Å². The number of carbonyl (C=O) groups is 4. The summed E-state index contributed by atoms with van der Waals surface area (Å²) in [5.41, 5.74) is 3.38. The predicted octanol–water partition coefficient (Wildman–Crippen LogP) is 4.70. The lowest BCUT2D eigenvalue weighted by atomic mass is 10.1. The highest BCUT2D eigenvalue weighted by Crippen LogP contribution is 2.37. The summed E-state index contributed by atoms with van der Waals surface area (Å²) >= 11 is 0. The minimum Gasteiger partial charge on any atom is -0.480 e. The predicted molar refractivity (Wildman–Crippen MR) is 223 cm³/mol. The van der Waals surface area contributed by atoms with E-state index in [2.05, 4.69) is 30.6 Å². The number of aliphatic carboxylic acids is 1. The number of amides is 2. The van der Waals surface area contributed by atoms with E-state index in [9.17, 15) is 33.1 Å². The Hall–Kier alpha value is -8.42. The van der Waals surface area contributed by atoms with Crippen LogP contribution in [0.4, 0.5) is 8.78 Å². The van der Waals surface area contributed by atoms with Crippen LogP contribution in [0.25, 0.3) is 78.3 Å². The Morgan fingerprint density at radius 3 is 1.73 bits per heavy atom. The number of carbonyl (C=O) groups excluding carboxylic acids is 3. The van der Waals surface area contributed by atoms with E-state index in [-0.39, 0.29) is 48.1 Å². The van der Waals surface area contributed by atoms with Gasteiger partial charge in [0.05, 0.1) is 30.9 Å². The third-order valence-corrected chi connectivity index (χ3v) is 10.4. The minimum atomic E-state index is -1.23. The number of methoxy groups -OCH3 is 1. The number of aromatic nitrogens is 10. The molecule has 8 heterocycles. The quantitative estimate of drug-likeness (QED) is 0.0993. The van der Waals surface area contributed by atoms with Crippen LogP contribution in [-0.4, -0.2) is 97.1 Å². The third kappa shape index (κ3) is 7.75. The summed E-state index contributed by atoms with van der Waals surface area (Å²) in [5, 5.41) is 16.9. The maximum atomic E-state index is 14.7. The molecular formula is C43H34F2N12O6. The molecule has 0 aliphatic heterocycles. The van der Waals surface area contributed by atoms with Gasteiger partial charge in [0.25, 0.3) is 0 Å². The van der Waals surface area contributed by atoms with Crippen LogP contribution < -0.4 is 10.6 Å². The molecule has 0 saturated heterocycles. The number of nitrogens with one attached hydrogen (secondary N) is 4. The molecule has 9 rings (SSSR count). The van der Waals surface area contributed by atoms with Gasteiger partial charge in [-0.2, -0.15) is 0 Å². The summed E-state index contributed by atoms with van der Waals surface area (Å²) < 4.78 is 37.2. The highest BCUT2D eigenvalue weighted by molar-refractivity contribution is 6.04. The second-order valence-corrected chi connectivity index (χ2v) is 14.6. The zero-order valence-electron chi connectivity index (χ0n) is 33.3. The first-order valence-electron chi connectivity index (χ1n) is 19.4. The van der Waals surface area contributed by atoms with Crippen molar-refractivity contribution in [3.8, 4) is 34.2 Å². The molecule has 63 heavy (non-hydrogen) atoms. The molecule has 0 radical (unpaired) electrons. The van der Waals surface area contributed by atoms with Gasteiger partial charge in [-0.15, -0.1) is 0 Å². The number of carboxylic acids is 1. The first kappa shape index (κ1) is 40.0. The average Bonchev–Trinajstić information content (AvgIpc) is 4.08. The average molecular weight is 853 g/mol. The Morgan fingerprint density at radius 1 is 0.730 bits per heavy atom. The van der Waals surface area contributed by atoms with Gasteiger partial charge in [-0.05, 0) is 36.8 Å². The standard InChI is InChI=1S/C43H34F2N12O6/c1-21(43(62)63-2)50-32(58)19-56-10-8-25-34(29-17-48-36-27(29)13-23(44)15-46-36)52-38(54-40(25)56)39-53-35(30-18-49-37-28(30)14-24(45)16-47-37)26-9-11-57(41(26)55-39)20-33(59)51-31(42(60)61)12-22-6-4-3-5-7-22/h3-11,13-18,21,31H,12,19-20H2,1-2H3,(H,46,48)(H,47,49)(H,50,58)(H,51,59)(H,60,61)/t21-,31-/m0/s1.